The van der Waals surface area contributed by atoms with E-state index in [-0.39, 0.29) is 42.2 Å². The van der Waals surface area contributed by atoms with Crippen molar-refractivity contribution in [3.63, 3.8) is 0 Å². The van der Waals surface area contributed by atoms with E-state index in [1.54, 1.807) is 24.3 Å². The molecule has 12 nitrogen and oxygen atoms in total. The third-order valence-corrected chi connectivity index (χ3v) is 11.2. The summed E-state index contributed by atoms with van der Waals surface area (Å²) in [4.78, 5) is 7.51. The first-order valence-corrected chi connectivity index (χ1v) is 21.1. The lowest BCUT2D eigenvalue weighted by Crippen LogP contribution is -2.37. The molecule has 1 aliphatic heterocycles. The van der Waals surface area contributed by atoms with Gasteiger partial charge in [-0.1, -0.05) is 65.7 Å². The second-order valence-corrected chi connectivity index (χ2v) is 16.5. The number of nitrogens with zero attached hydrogens (tertiary/aromatic N) is 6. The standard InChI is InChI=1S/C38H38Cl2N6O6S2/c1-4-43-34-23-30(39)29(26-41)22-33(34)45(17-9-19-53(47,48)49)37(43)15-13-28(21-27-11-7-6-8-12-27)14-16-38-44(5-2)35-24-31(40)32(42-3)25-36(35)46(38)18-10-20-54(50,51)52/h6-8,11-16,22-25H,4-5,9-10,17-21H2,1-2H3,(H-,47,48,49,50,51,52)/p+1. The molecule has 0 atom stereocenters. The van der Waals surface area contributed by atoms with Crippen molar-refractivity contribution in [1.29, 1.82) is 5.26 Å². The first-order valence-electron chi connectivity index (χ1n) is 17.1. The van der Waals surface area contributed by atoms with Gasteiger partial charge < -0.3 is 9.80 Å². The van der Waals surface area contributed by atoms with Gasteiger partial charge in [0.05, 0.1) is 53.1 Å². The molecule has 54 heavy (non-hydrogen) atoms. The molecular formula is C38H39Cl2N6O6S2+. The molecule has 2 heterocycles. The van der Waals surface area contributed by atoms with Crippen molar-refractivity contribution in [2.24, 2.45) is 0 Å². The zero-order valence-corrected chi connectivity index (χ0v) is 32.8. The average molecular weight is 811 g/mol. The molecule has 16 heteroatoms. The fourth-order valence-electron chi connectivity index (χ4n) is 6.59. The van der Waals surface area contributed by atoms with Crippen molar-refractivity contribution in [2.45, 2.75) is 46.2 Å². The van der Waals surface area contributed by atoms with Crippen LogP contribution in [-0.2, 0) is 39.7 Å². The quantitative estimate of drug-likeness (QED) is 0.0535. The predicted molar refractivity (Wildman–Crippen MR) is 213 cm³/mol. The largest absolute Gasteiger partial charge is 0.327 e. The number of imidazole rings is 1. The SMILES string of the molecule is [C-]#[N+]c1cc2c(cc1Cl)N(CC)\C(=C/C=C(/C=C/c1n(CC)c3cc(Cl)c(C#N)cc3[n+]1CCCS(=O)(=O)O)Cc1ccccc1)N2CCCS(=O)(=O)O. The topological polar surface area (TPSA) is 152 Å². The van der Waals surface area contributed by atoms with Gasteiger partial charge in [0.25, 0.3) is 26.1 Å². The van der Waals surface area contributed by atoms with Gasteiger partial charge >= 0.3 is 0 Å². The van der Waals surface area contributed by atoms with Crippen LogP contribution < -0.4 is 14.4 Å². The van der Waals surface area contributed by atoms with Gasteiger partial charge in [-0.15, -0.1) is 0 Å². The highest BCUT2D eigenvalue weighted by molar-refractivity contribution is 7.86. The maximum absolute atomic E-state index is 11.6. The number of anilines is 2. The van der Waals surface area contributed by atoms with E-state index in [1.165, 1.54) is 0 Å². The number of benzene rings is 3. The van der Waals surface area contributed by atoms with Gasteiger partial charge in [0, 0.05) is 42.7 Å². The van der Waals surface area contributed by atoms with Crippen LogP contribution in [0.3, 0.4) is 0 Å². The zero-order chi connectivity index (χ0) is 39.2. The molecule has 0 saturated heterocycles. The van der Waals surface area contributed by atoms with Gasteiger partial charge in [-0.25, -0.2) is 14.0 Å². The van der Waals surface area contributed by atoms with Gasteiger partial charge in [0.2, 0.25) is 5.69 Å². The maximum Gasteiger partial charge on any atom is 0.282 e. The van der Waals surface area contributed by atoms with Gasteiger partial charge in [-0.2, -0.15) is 22.1 Å². The molecule has 0 bridgehead atoms. The molecule has 1 aromatic heterocycles. The number of fused-ring (bicyclic) bond motifs is 2. The molecule has 4 aromatic rings. The first-order chi connectivity index (χ1) is 25.7. The number of allylic oxidation sites excluding steroid dienone is 4. The highest BCUT2D eigenvalue weighted by Gasteiger charge is 2.31. The van der Waals surface area contributed by atoms with Crippen LogP contribution in [0.4, 0.5) is 17.1 Å². The number of hydrogen-bond acceptors (Lipinski definition) is 7. The number of hydrogen-bond donors (Lipinski definition) is 2. The molecule has 2 N–H and O–H groups in total. The Labute approximate surface area is 325 Å². The Balaban J connectivity index is 1.66. The lowest BCUT2D eigenvalue weighted by Gasteiger charge is -2.24. The summed E-state index contributed by atoms with van der Waals surface area (Å²) >= 11 is 12.9. The van der Waals surface area contributed by atoms with Crippen LogP contribution in [0.15, 0.2) is 84.2 Å². The molecule has 0 spiro atoms. The molecule has 1 aliphatic rings. The van der Waals surface area contributed by atoms with Crippen LogP contribution in [0.2, 0.25) is 10.0 Å². The second kappa shape index (κ2) is 17.2. The number of aryl methyl sites for hydroxylation is 2. The summed E-state index contributed by atoms with van der Waals surface area (Å²) < 4.78 is 69.4. The predicted octanol–water partition coefficient (Wildman–Crippen LogP) is 7.60. The van der Waals surface area contributed by atoms with Gasteiger partial charge in [-0.05, 0) is 56.0 Å². The summed E-state index contributed by atoms with van der Waals surface area (Å²) in [5, 5.41) is 10.3. The number of rotatable bonds is 15. The van der Waals surface area contributed by atoms with E-state index in [0.29, 0.717) is 35.7 Å². The number of halogens is 2. The third-order valence-electron chi connectivity index (χ3n) is 8.96. The Hall–Kier alpha value is -4.67. The number of nitriles is 1. The van der Waals surface area contributed by atoms with Crippen LogP contribution in [0.1, 0.15) is 43.6 Å². The Morgan fingerprint density at radius 3 is 2.26 bits per heavy atom. The Kier molecular flexibility index (Phi) is 12.9. The molecule has 0 aliphatic carbocycles. The molecular weight excluding hydrogens is 771 g/mol. The molecule has 282 valence electrons. The van der Waals surface area contributed by atoms with Crippen LogP contribution in [0, 0.1) is 17.9 Å². The lowest BCUT2D eigenvalue weighted by atomic mass is 10.0. The van der Waals surface area contributed by atoms with E-state index >= 15 is 0 Å². The van der Waals surface area contributed by atoms with Crippen molar-refractivity contribution >= 4 is 77.6 Å². The summed E-state index contributed by atoms with van der Waals surface area (Å²) in [6.45, 7) is 13.1. The summed E-state index contributed by atoms with van der Waals surface area (Å²) in [5.74, 6) is 0.571. The van der Waals surface area contributed by atoms with Crippen molar-refractivity contribution in [1.82, 2.24) is 4.57 Å². The third kappa shape index (κ3) is 9.51. The summed E-state index contributed by atoms with van der Waals surface area (Å²) in [6, 6.07) is 18.8. The lowest BCUT2D eigenvalue weighted by molar-refractivity contribution is -0.673. The summed E-state index contributed by atoms with van der Waals surface area (Å²) in [7, 11) is -8.41. The Morgan fingerprint density at radius 2 is 1.63 bits per heavy atom. The first kappa shape index (κ1) is 40.5. The Bertz CT molecular complexity index is 2470. The van der Waals surface area contributed by atoms with E-state index in [0.717, 1.165) is 34.0 Å². The fourth-order valence-corrected chi connectivity index (χ4v) is 7.97. The van der Waals surface area contributed by atoms with Crippen molar-refractivity contribution < 1.29 is 30.5 Å². The van der Waals surface area contributed by atoms with Crippen molar-refractivity contribution in [3.05, 3.63) is 123 Å². The minimum Gasteiger partial charge on any atom is -0.327 e. The second-order valence-electron chi connectivity index (χ2n) is 12.5. The molecule has 3 aromatic carbocycles. The fraction of sp³-hybridized carbons (Fsp3) is 0.289. The van der Waals surface area contributed by atoms with Crippen LogP contribution in [0.25, 0.3) is 22.0 Å². The van der Waals surface area contributed by atoms with Crippen LogP contribution in [-0.4, -0.2) is 55.1 Å². The minimum atomic E-state index is -4.20. The van der Waals surface area contributed by atoms with Gasteiger partial charge in [0.1, 0.15) is 11.9 Å². The molecule has 0 amide bonds. The molecule has 0 saturated carbocycles. The highest BCUT2D eigenvalue weighted by atomic mass is 35.5. The van der Waals surface area contributed by atoms with Crippen molar-refractivity contribution in [3.8, 4) is 6.07 Å². The average Bonchev–Trinajstić information content (AvgIpc) is 3.56. The van der Waals surface area contributed by atoms with E-state index < -0.39 is 31.7 Å². The van der Waals surface area contributed by atoms with Gasteiger partial charge in [0.15, 0.2) is 11.0 Å². The smallest absolute Gasteiger partial charge is 0.282 e. The summed E-state index contributed by atoms with van der Waals surface area (Å²) in [6.07, 6.45) is 8.56. The molecule has 0 radical (unpaired) electrons. The van der Waals surface area contributed by atoms with Crippen LogP contribution in [0.5, 0.6) is 0 Å². The van der Waals surface area contributed by atoms with E-state index in [2.05, 4.69) is 10.9 Å². The normalized spacial score (nSPS) is 14.3. The number of aromatic nitrogens is 2. The van der Waals surface area contributed by atoms with Crippen LogP contribution >= 0.6 is 23.2 Å². The molecule has 0 unspecified atom stereocenters. The molecule has 5 rings (SSSR count). The summed E-state index contributed by atoms with van der Waals surface area (Å²) in [5.41, 5.74) is 5.34. The molecule has 0 fully saturated rings. The van der Waals surface area contributed by atoms with Crippen molar-refractivity contribution in [2.75, 3.05) is 34.4 Å². The maximum atomic E-state index is 11.6. The minimum absolute atomic E-state index is 0.122. The van der Waals surface area contributed by atoms with E-state index in [1.807, 2.05) is 87.4 Å². The monoisotopic (exact) mass is 809 g/mol. The highest BCUT2D eigenvalue weighted by Crippen LogP contribution is 2.46. The van der Waals surface area contributed by atoms with E-state index in [9.17, 15) is 31.2 Å². The zero-order valence-electron chi connectivity index (χ0n) is 29.7. The van der Waals surface area contributed by atoms with E-state index in [4.69, 9.17) is 29.8 Å². The Morgan fingerprint density at radius 1 is 0.944 bits per heavy atom. The van der Waals surface area contributed by atoms with Gasteiger partial charge in [-0.3, -0.25) is 9.11 Å².